The molecule has 0 fully saturated rings. The Balaban J connectivity index is 1.78. The minimum Gasteiger partial charge on any atom is -0.496 e. The Morgan fingerprint density at radius 1 is 1.26 bits per heavy atom. The summed E-state index contributed by atoms with van der Waals surface area (Å²) in [6, 6.07) is 12.8. The van der Waals surface area contributed by atoms with Gasteiger partial charge in [-0.25, -0.2) is 9.37 Å². The molecule has 1 N–H and O–H groups in total. The Bertz CT molecular complexity index is 1050. The van der Waals surface area contributed by atoms with Crippen molar-refractivity contribution in [1.82, 2.24) is 9.55 Å². The number of amides is 1. The molecule has 0 spiro atoms. The lowest BCUT2D eigenvalue weighted by molar-refractivity contribution is -0.116. The van der Waals surface area contributed by atoms with Gasteiger partial charge in [-0.2, -0.15) is 0 Å². The fourth-order valence-electron chi connectivity index (χ4n) is 2.48. The van der Waals surface area contributed by atoms with Crippen molar-refractivity contribution in [3.05, 3.63) is 75.5 Å². The van der Waals surface area contributed by atoms with Gasteiger partial charge in [0.1, 0.15) is 18.1 Å². The second-order valence-electron chi connectivity index (χ2n) is 5.61. The monoisotopic (exact) mass is 431 g/mol. The lowest BCUT2D eigenvalue weighted by atomic mass is 10.1. The van der Waals surface area contributed by atoms with Crippen molar-refractivity contribution < 1.29 is 13.9 Å². The van der Waals surface area contributed by atoms with Crippen LogP contribution in [0.4, 0.5) is 10.1 Å². The lowest BCUT2D eigenvalue weighted by Gasteiger charge is -2.10. The summed E-state index contributed by atoms with van der Waals surface area (Å²) in [7, 11) is 1.53. The fourth-order valence-corrected chi connectivity index (χ4v) is 2.82. The summed E-state index contributed by atoms with van der Waals surface area (Å²) in [5.74, 6) is -0.523. The third kappa shape index (κ3) is 4.40. The molecule has 3 aromatic rings. The molecular weight excluding hydrogens is 417 g/mol. The second-order valence-corrected chi connectivity index (χ2v) is 6.53. The van der Waals surface area contributed by atoms with E-state index in [2.05, 4.69) is 26.2 Å². The molecule has 0 unspecified atom stereocenters. The van der Waals surface area contributed by atoms with Gasteiger partial charge < -0.3 is 10.1 Å². The molecule has 1 amide bonds. The van der Waals surface area contributed by atoms with Crippen LogP contribution in [0.15, 0.2) is 64.1 Å². The van der Waals surface area contributed by atoms with Crippen LogP contribution in [0.25, 0.3) is 11.3 Å². The van der Waals surface area contributed by atoms with Gasteiger partial charge in [0, 0.05) is 16.1 Å². The topological polar surface area (TPSA) is 73.2 Å². The summed E-state index contributed by atoms with van der Waals surface area (Å²) >= 11 is 3.15. The molecule has 27 heavy (non-hydrogen) atoms. The number of hydrogen-bond donors (Lipinski definition) is 1. The highest BCUT2D eigenvalue weighted by Crippen LogP contribution is 2.26. The lowest BCUT2D eigenvalue weighted by Crippen LogP contribution is -2.27. The number of halogens is 2. The van der Waals surface area contributed by atoms with Gasteiger partial charge in [-0.1, -0.05) is 28.1 Å². The van der Waals surface area contributed by atoms with Gasteiger partial charge >= 0.3 is 0 Å². The minimum atomic E-state index is -0.574. The van der Waals surface area contributed by atoms with E-state index in [9.17, 15) is 14.0 Å². The number of hydrogen-bond acceptors (Lipinski definition) is 4. The zero-order valence-electron chi connectivity index (χ0n) is 14.3. The number of benzene rings is 2. The predicted octanol–water partition coefficient (Wildman–Crippen LogP) is 3.46. The van der Waals surface area contributed by atoms with Crippen LogP contribution >= 0.6 is 15.9 Å². The van der Waals surface area contributed by atoms with Crippen molar-refractivity contribution in [2.24, 2.45) is 0 Å². The summed E-state index contributed by atoms with van der Waals surface area (Å²) in [5.41, 5.74) is 0.742. The molecule has 138 valence electrons. The standard InChI is InChI=1S/C19H15BrFN3O3/c1-27-17-5-3-2-4-13(17)16-9-19(26)24(11-22-16)10-18(25)23-15-7-6-12(20)8-14(15)21/h2-9,11H,10H2,1H3,(H,23,25). The van der Waals surface area contributed by atoms with E-state index in [1.54, 1.807) is 18.2 Å². The first-order valence-electron chi connectivity index (χ1n) is 7.92. The summed E-state index contributed by atoms with van der Waals surface area (Å²) in [5, 5.41) is 2.44. The van der Waals surface area contributed by atoms with Crippen LogP contribution < -0.4 is 15.6 Å². The van der Waals surface area contributed by atoms with Gasteiger partial charge in [0.2, 0.25) is 5.91 Å². The molecule has 0 radical (unpaired) electrons. The van der Waals surface area contributed by atoms with Crippen molar-refractivity contribution >= 4 is 27.5 Å². The maximum atomic E-state index is 13.8. The highest BCUT2D eigenvalue weighted by atomic mass is 79.9. The van der Waals surface area contributed by atoms with Gasteiger partial charge in [0.05, 0.1) is 24.8 Å². The smallest absolute Gasteiger partial charge is 0.254 e. The molecule has 6 nitrogen and oxygen atoms in total. The van der Waals surface area contributed by atoms with Crippen molar-refractivity contribution in [1.29, 1.82) is 0 Å². The Kier molecular flexibility index (Phi) is 5.66. The Morgan fingerprint density at radius 2 is 2.04 bits per heavy atom. The van der Waals surface area contributed by atoms with Gasteiger partial charge in [-0.15, -0.1) is 0 Å². The highest BCUT2D eigenvalue weighted by molar-refractivity contribution is 9.10. The Hall–Kier alpha value is -3.00. The molecule has 0 atom stereocenters. The molecule has 2 aromatic carbocycles. The summed E-state index contributed by atoms with van der Waals surface area (Å²) in [4.78, 5) is 28.7. The summed E-state index contributed by atoms with van der Waals surface area (Å²) in [6.07, 6.45) is 1.28. The Labute approximate surface area is 162 Å². The fraction of sp³-hybridized carbons (Fsp3) is 0.105. The van der Waals surface area contributed by atoms with E-state index < -0.39 is 17.3 Å². The molecule has 3 rings (SSSR count). The first-order valence-corrected chi connectivity index (χ1v) is 8.72. The molecule has 0 aliphatic carbocycles. The van der Waals surface area contributed by atoms with Crippen LogP contribution in [-0.2, 0) is 11.3 Å². The van der Waals surface area contributed by atoms with Crippen LogP contribution in [0.2, 0.25) is 0 Å². The van der Waals surface area contributed by atoms with E-state index >= 15 is 0 Å². The average Bonchev–Trinajstić information content (AvgIpc) is 2.65. The van der Waals surface area contributed by atoms with E-state index in [1.165, 1.54) is 31.6 Å². The zero-order chi connectivity index (χ0) is 19.4. The van der Waals surface area contributed by atoms with Crippen LogP contribution in [0.1, 0.15) is 0 Å². The normalized spacial score (nSPS) is 10.5. The highest BCUT2D eigenvalue weighted by Gasteiger charge is 2.11. The quantitative estimate of drug-likeness (QED) is 0.671. The number of nitrogens with one attached hydrogen (secondary N) is 1. The van der Waals surface area contributed by atoms with Crippen molar-refractivity contribution in [2.75, 3.05) is 12.4 Å². The maximum absolute atomic E-state index is 13.8. The van der Waals surface area contributed by atoms with E-state index in [0.717, 1.165) is 4.57 Å². The molecule has 0 aliphatic rings. The molecule has 0 bridgehead atoms. The number of para-hydroxylation sites is 1. The molecule has 8 heteroatoms. The third-order valence-corrected chi connectivity index (χ3v) is 4.27. The van der Waals surface area contributed by atoms with Crippen LogP contribution in [-0.4, -0.2) is 22.6 Å². The van der Waals surface area contributed by atoms with Crippen LogP contribution in [0.3, 0.4) is 0 Å². The molecular formula is C19H15BrFN3O3. The van der Waals surface area contributed by atoms with Gasteiger partial charge in [0.15, 0.2) is 0 Å². The van der Waals surface area contributed by atoms with Crippen molar-refractivity contribution in [3.8, 4) is 17.0 Å². The number of nitrogens with zero attached hydrogens (tertiary/aromatic N) is 2. The van der Waals surface area contributed by atoms with Crippen LogP contribution in [0.5, 0.6) is 5.75 Å². The van der Waals surface area contributed by atoms with Crippen molar-refractivity contribution in [3.63, 3.8) is 0 Å². The van der Waals surface area contributed by atoms with Crippen LogP contribution in [0, 0.1) is 5.82 Å². The molecule has 1 heterocycles. The summed E-state index contributed by atoms with van der Waals surface area (Å²) in [6.45, 7) is -0.284. The molecule has 1 aromatic heterocycles. The molecule has 0 saturated heterocycles. The van der Waals surface area contributed by atoms with Crippen molar-refractivity contribution in [2.45, 2.75) is 6.54 Å². The first kappa shape index (κ1) is 18.8. The van der Waals surface area contributed by atoms with Gasteiger partial charge in [-0.05, 0) is 30.3 Å². The number of anilines is 1. The number of rotatable bonds is 5. The number of carbonyl (C=O) groups is 1. The SMILES string of the molecule is COc1ccccc1-c1cc(=O)n(CC(=O)Nc2ccc(Br)cc2F)cn1. The van der Waals surface area contributed by atoms with E-state index in [1.807, 2.05) is 12.1 Å². The second kappa shape index (κ2) is 8.13. The third-order valence-electron chi connectivity index (χ3n) is 3.78. The minimum absolute atomic E-state index is 0.0369. The number of ether oxygens (including phenoxy) is 1. The Morgan fingerprint density at radius 3 is 2.74 bits per heavy atom. The number of methoxy groups -OCH3 is 1. The number of aromatic nitrogens is 2. The first-order chi connectivity index (χ1) is 13.0. The van der Waals surface area contributed by atoms with E-state index in [-0.39, 0.29) is 12.2 Å². The number of carbonyl (C=O) groups excluding carboxylic acids is 1. The summed E-state index contributed by atoms with van der Waals surface area (Å²) < 4.78 is 20.8. The van der Waals surface area contributed by atoms with E-state index in [4.69, 9.17) is 4.74 Å². The predicted molar refractivity (Wildman–Crippen MR) is 103 cm³/mol. The average molecular weight is 432 g/mol. The molecule has 0 aliphatic heterocycles. The van der Waals surface area contributed by atoms with Gasteiger partial charge in [0.25, 0.3) is 5.56 Å². The van der Waals surface area contributed by atoms with E-state index in [0.29, 0.717) is 21.5 Å². The molecule has 0 saturated carbocycles. The largest absolute Gasteiger partial charge is 0.496 e. The zero-order valence-corrected chi connectivity index (χ0v) is 15.9. The maximum Gasteiger partial charge on any atom is 0.254 e. The van der Waals surface area contributed by atoms with Gasteiger partial charge in [-0.3, -0.25) is 14.2 Å².